The van der Waals surface area contributed by atoms with Gasteiger partial charge in [0.15, 0.2) is 10.8 Å². The van der Waals surface area contributed by atoms with Gasteiger partial charge in [-0.3, -0.25) is 0 Å². The highest BCUT2D eigenvalue weighted by Gasteiger charge is 2.23. The normalized spacial score (nSPS) is 12.5. The average molecular weight is 387 g/mol. The summed E-state index contributed by atoms with van der Waals surface area (Å²) < 4.78 is 37.2. The van der Waals surface area contributed by atoms with Crippen LogP contribution >= 0.6 is 23.2 Å². The van der Waals surface area contributed by atoms with Crippen LogP contribution in [0.3, 0.4) is 0 Å². The van der Waals surface area contributed by atoms with Crippen LogP contribution in [0.1, 0.15) is 0 Å². The van der Waals surface area contributed by atoms with Crippen molar-refractivity contribution in [2.75, 3.05) is 0 Å². The molecule has 0 radical (unpaired) electrons. The molecule has 0 aliphatic carbocycles. The molecule has 1 atom stereocenters. The van der Waals surface area contributed by atoms with Gasteiger partial charge in [0, 0.05) is 21.2 Å². The predicted octanol–water partition coefficient (Wildman–Crippen LogP) is 5.38. The van der Waals surface area contributed by atoms with Gasteiger partial charge in [-0.2, -0.15) is 8.78 Å². The Morgan fingerprint density at radius 2 is 1.42 bits per heavy atom. The minimum atomic E-state index is -3.02. The monoisotopic (exact) mass is 386 g/mol. The number of rotatable bonds is 4. The zero-order valence-electron chi connectivity index (χ0n) is 12.0. The maximum absolute atomic E-state index is 12.8. The summed E-state index contributed by atoms with van der Waals surface area (Å²) in [5.41, 5.74) is 2.25. The summed E-state index contributed by atoms with van der Waals surface area (Å²) in [4.78, 5) is 6.86. The topological polar surface area (TPSA) is 45.8 Å². The van der Waals surface area contributed by atoms with Gasteiger partial charge < -0.3 is 4.98 Å². The summed E-state index contributed by atoms with van der Waals surface area (Å²) >= 11 is 11.8. The first kappa shape index (κ1) is 17.1. The first-order valence-electron chi connectivity index (χ1n) is 6.76. The maximum Gasteiger partial charge on any atom is 0.319 e. The molecule has 0 aliphatic heterocycles. The lowest BCUT2D eigenvalue weighted by Crippen LogP contribution is -2.04. The molecule has 0 saturated carbocycles. The maximum atomic E-state index is 12.8. The van der Waals surface area contributed by atoms with E-state index in [0.29, 0.717) is 32.6 Å². The number of imidazole rings is 1. The molecular weight excluding hydrogens is 377 g/mol. The van der Waals surface area contributed by atoms with E-state index in [1.807, 2.05) is 0 Å². The summed E-state index contributed by atoms with van der Waals surface area (Å²) in [6.45, 7) is 0. The molecule has 3 rings (SSSR count). The Morgan fingerprint density at radius 1 is 0.917 bits per heavy atom. The molecule has 0 aliphatic rings. The van der Waals surface area contributed by atoms with Gasteiger partial charge in [-0.15, -0.1) is 0 Å². The molecule has 1 heterocycles. The first-order chi connectivity index (χ1) is 11.5. The molecule has 1 aromatic heterocycles. The van der Waals surface area contributed by atoms with E-state index >= 15 is 0 Å². The fourth-order valence-corrected chi connectivity index (χ4v) is 2.98. The van der Waals surface area contributed by atoms with Gasteiger partial charge in [0.25, 0.3) is 0 Å². The highest BCUT2D eigenvalue weighted by atomic mass is 35.5. The Hall–Kier alpha value is -1.76. The van der Waals surface area contributed by atoms with E-state index in [4.69, 9.17) is 23.2 Å². The number of nitrogens with one attached hydrogen (secondary N) is 1. The number of H-pyrrole nitrogens is 1. The van der Waals surface area contributed by atoms with Crippen molar-refractivity contribution in [2.24, 2.45) is 0 Å². The number of hydrogen-bond donors (Lipinski definition) is 1. The first-order valence-corrected chi connectivity index (χ1v) is 8.73. The van der Waals surface area contributed by atoms with Crippen molar-refractivity contribution < 1.29 is 13.0 Å². The number of nitrogens with zero attached hydrogens (tertiary/aromatic N) is 1. The van der Waals surface area contributed by atoms with Gasteiger partial charge in [-0.05, 0) is 24.3 Å². The molecule has 1 N–H and O–H groups in total. The van der Waals surface area contributed by atoms with Crippen molar-refractivity contribution in [1.29, 1.82) is 0 Å². The summed E-state index contributed by atoms with van der Waals surface area (Å²) in [5, 5.41) is 0.807. The number of alkyl halides is 2. The molecule has 3 nitrogen and oxygen atoms in total. The van der Waals surface area contributed by atoms with Crippen LogP contribution < -0.4 is 0 Å². The third-order valence-electron chi connectivity index (χ3n) is 3.29. The Labute approximate surface area is 149 Å². The van der Waals surface area contributed by atoms with Crippen molar-refractivity contribution in [3.63, 3.8) is 0 Å². The number of halogens is 4. The minimum Gasteiger partial charge on any atom is -0.330 e. The average Bonchev–Trinajstić information content (AvgIpc) is 3.00. The van der Waals surface area contributed by atoms with Crippen molar-refractivity contribution in [2.45, 2.75) is 10.9 Å². The SMILES string of the molecule is O=S(c1nc(-c2ccc(Cl)cc2)c(-c2ccc(Cl)cc2)[nH]1)C(F)F. The molecule has 1 unspecified atom stereocenters. The minimum absolute atomic E-state index is 0.278. The van der Waals surface area contributed by atoms with Gasteiger partial charge in [0.05, 0.1) is 11.4 Å². The highest BCUT2D eigenvalue weighted by Crippen LogP contribution is 2.32. The van der Waals surface area contributed by atoms with Gasteiger partial charge >= 0.3 is 5.76 Å². The molecule has 0 spiro atoms. The molecule has 3 aromatic rings. The summed E-state index contributed by atoms with van der Waals surface area (Å²) in [6.07, 6.45) is 0. The lowest BCUT2D eigenvalue weighted by molar-refractivity contribution is 0.243. The van der Waals surface area contributed by atoms with Crippen molar-refractivity contribution in [3.05, 3.63) is 58.6 Å². The van der Waals surface area contributed by atoms with Crippen LogP contribution in [0.25, 0.3) is 22.5 Å². The zero-order valence-corrected chi connectivity index (χ0v) is 14.3. The van der Waals surface area contributed by atoms with E-state index in [1.54, 1.807) is 48.5 Å². The van der Waals surface area contributed by atoms with Crippen LogP contribution in [-0.2, 0) is 10.8 Å². The Balaban J connectivity index is 2.16. The van der Waals surface area contributed by atoms with E-state index in [1.165, 1.54) is 0 Å². The Bertz CT molecular complexity index is 817. The quantitative estimate of drug-likeness (QED) is 0.653. The zero-order chi connectivity index (χ0) is 17.3. The molecule has 0 saturated heterocycles. The molecule has 2 aromatic carbocycles. The largest absolute Gasteiger partial charge is 0.330 e. The third kappa shape index (κ3) is 3.50. The van der Waals surface area contributed by atoms with Crippen molar-refractivity contribution in [1.82, 2.24) is 9.97 Å². The van der Waals surface area contributed by atoms with Crippen LogP contribution in [0.15, 0.2) is 53.7 Å². The summed E-state index contributed by atoms with van der Waals surface area (Å²) in [6, 6.07) is 13.6. The lowest BCUT2D eigenvalue weighted by atomic mass is 10.1. The van der Waals surface area contributed by atoms with Crippen molar-refractivity contribution in [3.8, 4) is 22.5 Å². The van der Waals surface area contributed by atoms with Crippen LogP contribution in [0.2, 0.25) is 10.0 Å². The number of aromatic amines is 1. The third-order valence-corrected chi connectivity index (χ3v) is 4.69. The van der Waals surface area contributed by atoms with E-state index < -0.39 is 16.6 Å². The fraction of sp³-hybridized carbons (Fsp3) is 0.0625. The molecule has 124 valence electrons. The lowest BCUT2D eigenvalue weighted by Gasteiger charge is -2.03. The summed E-state index contributed by atoms with van der Waals surface area (Å²) in [5.74, 6) is -3.02. The van der Waals surface area contributed by atoms with E-state index in [0.717, 1.165) is 0 Å². The number of hydrogen-bond acceptors (Lipinski definition) is 2. The number of aromatic nitrogens is 2. The molecule has 24 heavy (non-hydrogen) atoms. The smallest absolute Gasteiger partial charge is 0.319 e. The second-order valence-corrected chi connectivity index (χ2v) is 7.05. The highest BCUT2D eigenvalue weighted by molar-refractivity contribution is 7.85. The second kappa shape index (κ2) is 7.01. The molecular formula is C16H10Cl2F2N2OS. The van der Waals surface area contributed by atoms with E-state index in [-0.39, 0.29) is 5.16 Å². The Kier molecular flexibility index (Phi) is 4.99. The van der Waals surface area contributed by atoms with Crippen LogP contribution in [0.5, 0.6) is 0 Å². The number of benzene rings is 2. The standard InChI is InChI=1S/C16H10Cl2F2N2OS/c17-11-5-1-9(2-6-11)13-14(10-3-7-12(18)8-4-10)22-16(21-13)24(23)15(19)20/h1-8,15H,(H,21,22). The van der Waals surface area contributed by atoms with Crippen LogP contribution in [0.4, 0.5) is 8.78 Å². The van der Waals surface area contributed by atoms with E-state index in [9.17, 15) is 13.0 Å². The molecule has 0 amide bonds. The van der Waals surface area contributed by atoms with E-state index in [2.05, 4.69) is 9.97 Å². The summed E-state index contributed by atoms with van der Waals surface area (Å²) in [7, 11) is -2.53. The fourth-order valence-electron chi connectivity index (χ4n) is 2.17. The second-order valence-electron chi connectivity index (χ2n) is 4.84. The van der Waals surface area contributed by atoms with Gasteiger partial charge in [-0.1, -0.05) is 47.5 Å². The molecule has 0 fully saturated rings. The van der Waals surface area contributed by atoms with Crippen molar-refractivity contribution >= 4 is 34.0 Å². The Morgan fingerprint density at radius 3 is 1.92 bits per heavy atom. The van der Waals surface area contributed by atoms with Gasteiger partial charge in [-0.25, -0.2) is 9.19 Å². The van der Waals surface area contributed by atoms with Crippen LogP contribution in [-0.4, -0.2) is 19.9 Å². The van der Waals surface area contributed by atoms with Gasteiger partial charge in [0.2, 0.25) is 5.16 Å². The predicted molar refractivity (Wildman–Crippen MR) is 91.9 cm³/mol. The van der Waals surface area contributed by atoms with Crippen LogP contribution in [0, 0.1) is 0 Å². The van der Waals surface area contributed by atoms with Gasteiger partial charge in [0.1, 0.15) is 0 Å². The molecule has 0 bridgehead atoms. The molecule has 8 heteroatoms.